The first-order valence-corrected chi connectivity index (χ1v) is 8.05. The van der Waals surface area contributed by atoms with Crippen LogP contribution in [0.25, 0.3) is 0 Å². The predicted octanol–water partition coefficient (Wildman–Crippen LogP) is 4.71. The van der Waals surface area contributed by atoms with Crippen LogP contribution in [0.2, 0.25) is 0 Å². The quantitative estimate of drug-likeness (QED) is 0.813. The van der Waals surface area contributed by atoms with Gasteiger partial charge in [0.2, 0.25) is 0 Å². The van der Waals surface area contributed by atoms with Crippen molar-refractivity contribution in [1.29, 1.82) is 0 Å². The van der Waals surface area contributed by atoms with Crippen LogP contribution in [-0.2, 0) is 18.4 Å². The second kappa shape index (κ2) is 6.56. The fourth-order valence-corrected chi connectivity index (χ4v) is 2.49. The van der Waals surface area contributed by atoms with Crippen molar-refractivity contribution < 1.29 is 0 Å². The van der Waals surface area contributed by atoms with Crippen molar-refractivity contribution in [3.05, 3.63) is 51.9 Å². The van der Waals surface area contributed by atoms with Gasteiger partial charge in [-0.3, -0.25) is 0 Å². The fourth-order valence-electron chi connectivity index (χ4n) is 2.10. The summed E-state index contributed by atoms with van der Waals surface area (Å²) < 4.78 is 0.814. The summed E-state index contributed by atoms with van der Waals surface area (Å²) in [5.41, 5.74) is 2.61. The number of aromatic nitrogens is 2. The molecule has 1 heterocycles. The Morgan fingerprint density at radius 1 is 1.10 bits per heavy atom. The van der Waals surface area contributed by atoms with E-state index in [0.717, 1.165) is 29.2 Å². The van der Waals surface area contributed by atoms with Crippen molar-refractivity contribution in [2.45, 2.75) is 46.1 Å². The Hall–Kier alpha value is -1.42. The average molecular weight is 348 g/mol. The number of halogens is 1. The van der Waals surface area contributed by atoms with Crippen molar-refractivity contribution in [2.24, 2.45) is 0 Å². The van der Waals surface area contributed by atoms with E-state index < -0.39 is 0 Å². The highest BCUT2D eigenvalue weighted by Gasteiger charge is 2.18. The van der Waals surface area contributed by atoms with E-state index in [0.29, 0.717) is 0 Å². The Bertz CT molecular complexity index is 618. The Labute approximate surface area is 135 Å². The highest BCUT2D eigenvalue weighted by molar-refractivity contribution is 9.10. The molecule has 112 valence electrons. The van der Waals surface area contributed by atoms with Gasteiger partial charge in [0.1, 0.15) is 16.2 Å². The number of rotatable bonds is 4. The summed E-state index contributed by atoms with van der Waals surface area (Å²) in [5.74, 6) is 1.69. The monoisotopic (exact) mass is 347 g/mol. The molecule has 0 unspecified atom stereocenters. The van der Waals surface area contributed by atoms with Gasteiger partial charge in [-0.05, 0) is 33.5 Å². The van der Waals surface area contributed by atoms with E-state index in [1.54, 1.807) is 0 Å². The number of anilines is 1. The van der Waals surface area contributed by atoms with Gasteiger partial charge in [0, 0.05) is 18.0 Å². The second-order valence-electron chi connectivity index (χ2n) is 6.13. The van der Waals surface area contributed by atoms with Crippen molar-refractivity contribution in [3.8, 4) is 0 Å². The van der Waals surface area contributed by atoms with E-state index in [1.165, 1.54) is 11.1 Å². The lowest BCUT2D eigenvalue weighted by molar-refractivity contribution is 0.544. The molecule has 0 amide bonds. The van der Waals surface area contributed by atoms with Crippen LogP contribution in [0.15, 0.2) is 34.9 Å². The lowest BCUT2D eigenvalue weighted by atomic mass is 9.96. The molecular formula is C17H22BrN3. The lowest BCUT2D eigenvalue weighted by Crippen LogP contribution is -2.17. The van der Waals surface area contributed by atoms with Gasteiger partial charge in [-0.1, -0.05) is 52.0 Å². The van der Waals surface area contributed by atoms with E-state index in [4.69, 9.17) is 0 Å². The molecule has 3 nitrogen and oxygen atoms in total. The van der Waals surface area contributed by atoms with Crippen LogP contribution in [0, 0.1) is 0 Å². The predicted molar refractivity (Wildman–Crippen MR) is 91.6 cm³/mol. The third-order valence-electron chi connectivity index (χ3n) is 3.32. The van der Waals surface area contributed by atoms with Crippen LogP contribution < -0.4 is 5.32 Å². The molecular weight excluding hydrogens is 326 g/mol. The molecule has 21 heavy (non-hydrogen) atoms. The molecule has 0 aliphatic carbocycles. The highest BCUT2D eigenvalue weighted by atomic mass is 79.9. The highest BCUT2D eigenvalue weighted by Crippen LogP contribution is 2.23. The average Bonchev–Trinajstić information content (AvgIpc) is 2.44. The summed E-state index contributed by atoms with van der Waals surface area (Å²) in [6.07, 6.45) is 1.04. The number of benzene rings is 1. The first-order chi connectivity index (χ1) is 9.90. The molecule has 2 aromatic rings. The second-order valence-corrected chi connectivity index (χ2v) is 6.94. The normalized spacial score (nSPS) is 11.5. The number of hydrogen-bond donors (Lipinski definition) is 1. The lowest BCUT2D eigenvalue weighted by Gasteiger charge is -2.18. The van der Waals surface area contributed by atoms with Crippen molar-refractivity contribution in [2.75, 3.05) is 5.32 Å². The van der Waals surface area contributed by atoms with E-state index in [-0.39, 0.29) is 5.41 Å². The van der Waals surface area contributed by atoms with E-state index >= 15 is 0 Å². The van der Waals surface area contributed by atoms with Crippen LogP contribution in [0.1, 0.15) is 44.6 Å². The van der Waals surface area contributed by atoms with Gasteiger partial charge < -0.3 is 5.32 Å². The summed E-state index contributed by atoms with van der Waals surface area (Å²) in [6, 6.07) is 10.4. The first-order valence-electron chi connectivity index (χ1n) is 7.26. The van der Waals surface area contributed by atoms with Gasteiger partial charge in [0.05, 0.1) is 0 Å². The first kappa shape index (κ1) is 16.0. The van der Waals surface area contributed by atoms with Gasteiger partial charge in [0.15, 0.2) is 0 Å². The van der Waals surface area contributed by atoms with E-state index in [9.17, 15) is 0 Å². The van der Waals surface area contributed by atoms with Gasteiger partial charge in [-0.2, -0.15) is 0 Å². The van der Waals surface area contributed by atoms with Crippen LogP contribution in [0.5, 0.6) is 0 Å². The Morgan fingerprint density at radius 3 is 2.38 bits per heavy atom. The van der Waals surface area contributed by atoms with Crippen LogP contribution in [0.4, 0.5) is 5.82 Å². The summed E-state index contributed by atoms with van der Waals surface area (Å²) in [6.45, 7) is 9.30. The molecule has 4 heteroatoms. The maximum atomic E-state index is 4.62. The zero-order chi connectivity index (χ0) is 15.5. The largest absolute Gasteiger partial charge is 0.366 e. The zero-order valence-electron chi connectivity index (χ0n) is 13.1. The maximum Gasteiger partial charge on any atom is 0.137 e. The molecule has 0 atom stereocenters. The van der Waals surface area contributed by atoms with E-state index in [1.807, 2.05) is 6.07 Å². The minimum atomic E-state index is -0.0679. The SMILES string of the molecule is CCc1ccccc1CNc1cc(Br)nc(C(C)(C)C)n1. The minimum Gasteiger partial charge on any atom is -0.366 e. The molecule has 0 spiro atoms. The van der Waals surface area contributed by atoms with Crippen LogP contribution in [-0.4, -0.2) is 9.97 Å². The van der Waals surface area contributed by atoms with Crippen molar-refractivity contribution in [3.63, 3.8) is 0 Å². The molecule has 0 radical (unpaired) electrons. The summed E-state index contributed by atoms with van der Waals surface area (Å²) in [7, 11) is 0. The molecule has 0 saturated heterocycles. The van der Waals surface area contributed by atoms with E-state index in [2.05, 4.69) is 83.2 Å². The van der Waals surface area contributed by atoms with Gasteiger partial charge in [-0.15, -0.1) is 0 Å². The maximum absolute atomic E-state index is 4.62. The molecule has 1 N–H and O–H groups in total. The molecule has 0 bridgehead atoms. The topological polar surface area (TPSA) is 37.8 Å². The number of nitrogens with zero attached hydrogens (tertiary/aromatic N) is 2. The third kappa shape index (κ3) is 4.27. The Morgan fingerprint density at radius 2 is 1.76 bits per heavy atom. The standard InChI is InChI=1S/C17H22BrN3/c1-5-12-8-6-7-9-13(12)11-19-15-10-14(18)20-16(21-15)17(2,3)4/h6-10H,5,11H2,1-4H3,(H,19,20,21). The number of hydrogen-bond acceptors (Lipinski definition) is 3. The molecule has 0 aliphatic heterocycles. The zero-order valence-corrected chi connectivity index (χ0v) is 14.7. The Balaban J connectivity index is 2.19. The Kier molecular flexibility index (Phi) is 4.99. The number of nitrogens with one attached hydrogen (secondary N) is 1. The minimum absolute atomic E-state index is 0.0679. The molecule has 1 aromatic heterocycles. The summed E-state index contributed by atoms with van der Waals surface area (Å²) in [4.78, 5) is 9.08. The fraction of sp³-hybridized carbons (Fsp3) is 0.412. The third-order valence-corrected chi connectivity index (χ3v) is 3.73. The van der Waals surface area contributed by atoms with Gasteiger partial charge in [-0.25, -0.2) is 9.97 Å². The molecule has 1 aromatic carbocycles. The summed E-state index contributed by atoms with van der Waals surface area (Å²) >= 11 is 3.47. The van der Waals surface area contributed by atoms with Crippen molar-refractivity contribution >= 4 is 21.7 Å². The van der Waals surface area contributed by atoms with Gasteiger partial charge in [0.25, 0.3) is 0 Å². The van der Waals surface area contributed by atoms with Gasteiger partial charge >= 0.3 is 0 Å². The summed E-state index contributed by atoms with van der Waals surface area (Å²) in [5, 5.41) is 3.41. The molecule has 0 saturated carbocycles. The van der Waals surface area contributed by atoms with Crippen LogP contribution in [0.3, 0.4) is 0 Å². The smallest absolute Gasteiger partial charge is 0.137 e. The number of aryl methyl sites for hydroxylation is 1. The van der Waals surface area contributed by atoms with Crippen LogP contribution >= 0.6 is 15.9 Å². The molecule has 0 aliphatic rings. The van der Waals surface area contributed by atoms with Crippen molar-refractivity contribution in [1.82, 2.24) is 9.97 Å². The molecule has 2 rings (SSSR count). The molecule has 0 fully saturated rings.